The van der Waals surface area contributed by atoms with Crippen LogP contribution in [0.2, 0.25) is 0 Å². The van der Waals surface area contributed by atoms with Gasteiger partial charge in [0.15, 0.2) is 0 Å². The minimum absolute atomic E-state index is 0.0208. The van der Waals surface area contributed by atoms with Crippen molar-refractivity contribution < 1.29 is 9.53 Å². The lowest BCUT2D eigenvalue weighted by Crippen LogP contribution is -2.40. The monoisotopic (exact) mass is 234 g/mol. The molecule has 1 saturated carbocycles. The van der Waals surface area contributed by atoms with E-state index < -0.39 is 0 Å². The van der Waals surface area contributed by atoms with Crippen molar-refractivity contribution in [3.8, 4) is 0 Å². The molecule has 2 aliphatic carbocycles. The van der Waals surface area contributed by atoms with E-state index in [1.807, 2.05) is 19.1 Å². The van der Waals surface area contributed by atoms with Crippen LogP contribution in [0.25, 0.3) is 0 Å². The summed E-state index contributed by atoms with van der Waals surface area (Å²) < 4.78 is 5.31. The Morgan fingerprint density at radius 1 is 1.29 bits per heavy atom. The van der Waals surface area contributed by atoms with Gasteiger partial charge in [-0.3, -0.25) is 4.79 Å². The van der Waals surface area contributed by atoms with E-state index in [1.165, 1.54) is 19.3 Å². The van der Waals surface area contributed by atoms with Gasteiger partial charge in [-0.2, -0.15) is 0 Å². The molecule has 2 heteroatoms. The minimum Gasteiger partial charge on any atom is -0.465 e. The van der Waals surface area contributed by atoms with Gasteiger partial charge in [0, 0.05) is 0 Å². The summed E-state index contributed by atoms with van der Waals surface area (Å²) in [6.45, 7) is 2.36. The van der Waals surface area contributed by atoms with Crippen LogP contribution in [-0.4, -0.2) is 12.6 Å². The highest BCUT2D eigenvalue weighted by Gasteiger charge is 2.44. The normalized spacial score (nSPS) is 29.2. The van der Waals surface area contributed by atoms with E-state index in [-0.39, 0.29) is 11.4 Å². The highest BCUT2D eigenvalue weighted by atomic mass is 16.5. The molecule has 17 heavy (non-hydrogen) atoms. The van der Waals surface area contributed by atoms with Gasteiger partial charge in [-0.25, -0.2) is 0 Å². The number of hydrogen-bond donors (Lipinski definition) is 0. The summed E-state index contributed by atoms with van der Waals surface area (Å²) in [7, 11) is 0. The molecule has 0 amide bonds. The quantitative estimate of drug-likeness (QED) is 0.697. The topological polar surface area (TPSA) is 26.3 Å². The second-order valence-corrected chi connectivity index (χ2v) is 5.09. The molecule has 0 N–H and O–H groups in total. The summed E-state index contributed by atoms with van der Waals surface area (Å²) >= 11 is 0. The molecule has 0 radical (unpaired) electrons. The minimum atomic E-state index is -0.370. The third-order valence-corrected chi connectivity index (χ3v) is 4.09. The number of carbonyl (C=O) groups is 1. The zero-order valence-corrected chi connectivity index (χ0v) is 10.7. The van der Waals surface area contributed by atoms with Crippen molar-refractivity contribution in [2.24, 2.45) is 11.3 Å². The van der Waals surface area contributed by atoms with E-state index >= 15 is 0 Å². The van der Waals surface area contributed by atoms with Crippen molar-refractivity contribution in [2.45, 2.75) is 45.4 Å². The van der Waals surface area contributed by atoms with Gasteiger partial charge < -0.3 is 4.74 Å². The highest BCUT2D eigenvalue weighted by Crippen LogP contribution is 2.44. The first-order valence-electron chi connectivity index (χ1n) is 6.81. The van der Waals surface area contributed by atoms with E-state index in [9.17, 15) is 4.79 Å². The third-order valence-electron chi connectivity index (χ3n) is 4.09. The molecule has 0 saturated heterocycles. The molecule has 94 valence electrons. The van der Waals surface area contributed by atoms with Crippen molar-refractivity contribution in [3.63, 3.8) is 0 Å². The molecular formula is C15H22O2. The molecule has 1 atom stereocenters. The zero-order valence-electron chi connectivity index (χ0n) is 10.7. The van der Waals surface area contributed by atoms with E-state index in [4.69, 9.17) is 4.74 Å². The summed E-state index contributed by atoms with van der Waals surface area (Å²) in [5.41, 5.74) is -0.370. The summed E-state index contributed by atoms with van der Waals surface area (Å²) in [6, 6.07) is 0. The van der Waals surface area contributed by atoms with Crippen molar-refractivity contribution in [2.75, 3.05) is 6.61 Å². The van der Waals surface area contributed by atoms with Crippen LogP contribution >= 0.6 is 0 Å². The van der Waals surface area contributed by atoms with Gasteiger partial charge in [-0.05, 0) is 32.1 Å². The number of carbonyl (C=O) groups excluding carboxylic acids is 1. The second kappa shape index (κ2) is 5.52. The molecule has 0 aromatic rings. The van der Waals surface area contributed by atoms with Gasteiger partial charge in [0.2, 0.25) is 0 Å². The molecule has 1 fully saturated rings. The van der Waals surface area contributed by atoms with Gasteiger partial charge in [-0.1, -0.05) is 43.6 Å². The summed E-state index contributed by atoms with van der Waals surface area (Å²) in [4.78, 5) is 12.3. The van der Waals surface area contributed by atoms with Gasteiger partial charge in [0.1, 0.15) is 0 Å². The molecule has 2 aliphatic rings. The number of ether oxygens (including phenoxy) is 1. The van der Waals surface area contributed by atoms with Crippen molar-refractivity contribution in [3.05, 3.63) is 24.3 Å². The van der Waals surface area contributed by atoms with Crippen molar-refractivity contribution in [1.29, 1.82) is 0 Å². The fourth-order valence-electron chi connectivity index (χ4n) is 3.14. The van der Waals surface area contributed by atoms with E-state index in [0.29, 0.717) is 12.5 Å². The Morgan fingerprint density at radius 2 is 2.06 bits per heavy atom. The number of hydrogen-bond acceptors (Lipinski definition) is 2. The molecule has 0 bridgehead atoms. The maximum absolute atomic E-state index is 12.3. The van der Waals surface area contributed by atoms with Crippen molar-refractivity contribution in [1.82, 2.24) is 0 Å². The SMILES string of the molecule is CCOC(=O)C1(C2CCCCC2)C=CC=CC1. The van der Waals surface area contributed by atoms with E-state index in [2.05, 4.69) is 12.2 Å². The lowest BCUT2D eigenvalue weighted by molar-refractivity contribution is -0.156. The molecule has 0 heterocycles. The standard InChI is InChI=1S/C15H22O2/c1-2-17-14(16)15(11-7-4-8-12-15)13-9-5-3-6-10-13/h4,7-8,11,13H,2-3,5-6,9-10,12H2,1H3. The lowest BCUT2D eigenvalue weighted by atomic mass is 9.65. The van der Waals surface area contributed by atoms with Crippen LogP contribution < -0.4 is 0 Å². The van der Waals surface area contributed by atoms with Gasteiger partial charge in [-0.15, -0.1) is 0 Å². The molecule has 0 spiro atoms. The Labute approximate surface area is 104 Å². The van der Waals surface area contributed by atoms with Crippen LogP contribution in [0.1, 0.15) is 45.4 Å². The van der Waals surface area contributed by atoms with Crippen LogP contribution in [0.4, 0.5) is 0 Å². The van der Waals surface area contributed by atoms with Gasteiger partial charge >= 0.3 is 5.97 Å². The number of esters is 1. The summed E-state index contributed by atoms with van der Waals surface area (Å²) in [6.07, 6.45) is 15.2. The van der Waals surface area contributed by atoms with Crippen LogP contribution in [0.15, 0.2) is 24.3 Å². The molecule has 0 aromatic heterocycles. The Kier molecular flexibility index (Phi) is 4.03. The first-order valence-corrected chi connectivity index (χ1v) is 6.81. The maximum Gasteiger partial charge on any atom is 0.316 e. The highest BCUT2D eigenvalue weighted by molar-refractivity contribution is 5.80. The molecule has 2 rings (SSSR count). The van der Waals surface area contributed by atoms with Gasteiger partial charge in [0.25, 0.3) is 0 Å². The Morgan fingerprint density at radius 3 is 2.65 bits per heavy atom. The Balaban J connectivity index is 2.19. The average Bonchev–Trinajstić information content (AvgIpc) is 2.41. The Hall–Kier alpha value is -1.05. The second-order valence-electron chi connectivity index (χ2n) is 5.09. The summed E-state index contributed by atoms with van der Waals surface area (Å²) in [5.74, 6) is 0.448. The largest absolute Gasteiger partial charge is 0.465 e. The first-order chi connectivity index (χ1) is 8.29. The zero-order chi connectivity index (χ0) is 12.1. The average molecular weight is 234 g/mol. The van der Waals surface area contributed by atoms with Crippen LogP contribution in [-0.2, 0) is 9.53 Å². The van der Waals surface area contributed by atoms with E-state index in [0.717, 1.165) is 19.3 Å². The maximum atomic E-state index is 12.3. The smallest absolute Gasteiger partial charge is 0.316 e. The fourth-order valence-corrected chi connectivity index (χ4v) is 3.14. The Bertz CT molecular complexity index is 324. The number of rotatable bonds is 3. The number of allylic oxidation sites excluding steroid dienone is 3. The van der Waals surface area contributed by atoms with Crippen molar-refractivity contribution >= 4 is 5.97 Å². The molecule has 2 nitrogen and oxygen atoms in total. The lowest BCUT2D eigenvalue weighted by Gasteiger charge is -2.38. The van der Waals surface area contributed by atoms with Crippen LogP contribution in [0, 0.1) is 11.3 Å². The fraction of sp³-hybridized carbons (Fsp3) is 0.667. The van der Waals surface area contributed by atoms with Gasteiger partial charge in [0.05, 0.1) is 12.0 Å². The van der Waals surface area contributed by atoms with Crippen LogP contribution in [0.5, 0.6) is 0 Å². The third kappa shape index (κ3) is 2.46. The molecule has 0 aliphatic heterocycles. The predicted octanol–water partition coefficient (Wildman–Crippen LogP) is 3.63. The van der Waals surface area contributed by atoms with Crippen LogP contribution in [0.3, 0.4) is 0 Å². The first kappa shape index (κ1) is 12.4. The summed E-state index contributed by atoms with van der Waals surface area (Å²) in [5, 5.41) is 0. The van der Waals surface area contributed by atoms with E-state index in [1.54, 1.807) is 0 Å². The molecule has 1 unspecified atom stereocenters. The predicted molar refractivity (Wildman–Crippen MR) is 68.5 cm³/mol. The molecular weight excluding hydrogens is 212 g/mol. The molecule has 0 aromatic carbocycles.